The Morgan fingerprint density at radius 1 is 1.03 bits per heavy atom. The number of rotatable bonds is 9. The summed E-state index contributed by atoms with van der Waals surface area (Å²) in [6.07, 6.45) is 2.06. The average Bonchev–Trinajstić information content (AvgIpc) is 2.79. The highest BCUT2D eigenvalue weighted by atomic mass is 19.3. The summed E-state index contributed by atoms with van der Waals surface area (Å²) in [6.45, 7) is 2.24. The predicted molar refractivity (Wildman–Crippen MR) is 112 cm³/mol. The zero-order valence-electron chi connectivity index (χ0n) is 18.8. The largest absolute Gasteiger partial charge is 0.453 e. The van der Waals surface area contributed by atoms with Crippen LogP contribution < -0.4 is 9.47 Å². The SMILES string of the molecule is CCC/C=C/C1CCC(C2COC(C(F)(F)Oc3cc(F)c(OC=C(F)F)c(F)c3)OC2)CC1. The van der Waals surface area contributed by atoms with Crippen LogP contribution in [0.5, 0.6) is 11.5 Å². The average molecular weight is 494 g/mol. The Hall–Kier alpha value is -2.20. The van der Waals surface area contributed by atoms with E-state index >= 15 is 0 Å². The highest BCUT2D eigenvalue weighted by Crippen LogP contribution is 2.38. The van der Waals surface area contributed by atoms with Gasteiger partial charge in [-0.1, -0.05) is 25.5 Å². The highest BCUT2D eigenvalue weighted by molar-refractivity contribution is 5.35. The van der Waals surface area contributed by atoms with Gasteiger partial charge in [-0.3, -0.25) is 0 Å². The first-order valence-electron chi connectivity index (χ1n) is 11.3. The Bertz CT molecular complexity index is 832. The minimum atomic E-state index is -4.04. The second-order valence-corrected chi connectivity index (χ2v) is 8.56. The molecule has 0 radical (unpaired) electrons. The van der Waals surface area contributed by atoms with Gasteiger partial charge in [0.2, 0.25) is 0 Å². The van der Waals surface area contributed by atoms with E-state index in [1.54, 1.807) is 0 Å². The monoisotopic (exact) mass is 494 g/mol. The zero-order valence-corrected chi connectivity index (χ0v) is 18.8. The predicted octanol–water partition coefficient (Wildman–Crippen LogP) is 7.20. The number of benzene rings is 1. The van der Waals surface area contributed by atoms with Crippen LogP contribution in [0, 0.1) is 29.4 Å². The summed E-state index contributed by atoms with van der Waals surface area (Å²) in [6, 6.07) is 0.796. The van der Waals surface area contributed by atoms with Crippen molar-refractivity contribution in [2.75, 3.05) is 13.2 Å². The number of halogens is 6. The van der Waals surface area contributed by atoms with Crippen molar-refractivity contribution in [3.05, 3.63) is 48.3 Å². The van der Waals surface area contributed by atoms with E-state index in [1.165, 1.54) is 0 Å². The maximum Gasteiger partial charge on any atom is 0.451 e. The molecule has 2 aliphatic rings. The van der Waals surface area contributed by atoms with Gasteiger partial charge in [0.25, 0.3) is 6.29 Å². The Kier molecular flexibility index (Phi) is 9.30. The lowest BCUT2D eigenvalue weighted by molar-refractivity contribution is -0.354. The van der Waals surface area contributed by atoms with E-state index in [0.29, 0.717) is 24.0 Å². The molecule has 1 heterocycles. The van der Waals surface area contributed by atoms with Crippen molar-refractivity contribution in [3.63, 3.8) is 0 Å². The van der Waals surface area contributed by atoms with E-state index < -0.39 is 41.6 Å². The van der Waals surface area contributed by atoms with Crippen molar-refractivity contribution in [1.29, 1.82) is 0 Å². The molecule has 0 spiro atoms. The van der Waals surface area contributed by atoms with Gasteiger partial charge in [-0.25, -0.2) is 8.78 Å². The Balaban J connectivity index is 1.52. The van der Waals surface area contributed by atoms with Crippen molar-refractivity contribution in [2.45, 2.75) is 57.8 Å². The second-order valence-electron chi connectivity index (χ2n) is 8.56. The molecular formula is C24H28F6O4. The summed E-state index contributed by atoms with van der Waals surface area (Å²) in [7, 11) is 0. The number of hydrogen-bond acceptors (Lipinski definition) is 4. The summed E-state index contributed by atoms with van der Waals surface area (Å²) in [4.78, 5) is 0. The van der Waals surface area contributed by atoms with Gasteiger partial charge in [0.15, 0.2) is 23.6 Å². The Morgan fingerprint density at radius 3 is 2.21 bits per heavy atom. The lowest BCUT2D eigenvalue weighted by Gasteiger charge is -2.38. The van der Waals surface area contributed by atoms with Gasteiger partial charge >= 0.3 is 12.2 Å². The molecule has 1 saturated carbocycles. The molecule has 1 aromatic rings. The molecule has 1 aliphatic carbocycles. The maximum atomic E-state index is 14.5. The molecule has 1 aliphatic heterocycles. The van der Waals surface area contributed by atoms with Crippen LogP contribution in [-0.4, -0.2) is 25.6 Å². The summed E-state index contributed by atoms with van der Waals surface area (Å²) >= 11 is 0. The highest BCUT2D eigenvalue weighted by Gasteiger charge is 2.48. The first-order chi connectivity index (χ1) is 16.2. The fourth-order valence-electron chi connectivity index (χ4n) is 4.27. The van der Waals surface area contributed by atoms with Crippen LogP contribution in [-0.2, 0) is 9.47 Å². The molecule has 10 heteroatoms. The molecule has 0 aromatic heterocycles. The Labute approximate surface area is 194 Å². The molecule has 190 valence electrons. The third kappa shape index (κ3) is 7.15. The van der Waals surface area contributed by atoms with Crippen LogP contribution in [0.1, 0.15) is 45.4 Å². The van der Waals surface area contributed by atoms with E-state index in [1.807, 2.05) is 0 Å². The van der Waals surface area contributed by atoms with Gasteiger partial charge in [0.05, 0.1) is 13.2 Å². The van der Waals surface area contributed by atoms with Crippen molar-refractivity contribution in [3.8, 4) is 11.5 Å². The molecule has 4 nitrogen and oxygen atoms in total. The van der Waals surface area contributed by atoms with Crippen LogP contribution in [0.2, 0.25) is 0 Å². The van der Waals surface area contributed by atoms with Gasteiger partial charge in [-0.15, -0.1) is 0 Å². The minimum absolute atomic E-state index is 0.0251. The molecular weight excluding hydrogens is 466 g/mol. The standard InChI is InChI=1S/C24H28F6O4/c1-2-3-4-5-15-6-8-16(9-7-15)17-12-32-23(33-13-17)24(29,30)34-18-10-19(25)22(20(26)11-18)31-14-21(27)28/h4-5,10-11,14-17,23H,2-3,6-9,12-13H2,1H3/b5-4+. The minimum Gasteiger partial charge on any atom is -0.453 e. The van der Waals surface area contributed by atoms with E-state index in [9.17, 15) is 26.3 Å². The van der Waals surface area contributed by atoms with Crippen LogP contribution in [0.15, 0.2) is 36.6 Å². The fourth-order valence-corrected chi connectivity index (χ4v) is 4.27. The zero-order chi connectivity index (χ0) is 24.7. The van der Waals surface area contributed by atoms with Gasteiger partial charge in [-0.05, 0) is 43.9 Å². The number of alkyl halides is 2. The summed E-state index contributed by atoms with van der Waals surface area (Å²) < 4.78 is 100. The number of unbranched alkanes of at least 4 members (excludes halogenated alkanes) is 1. The van der Waals surface area contributed by atoms with E-state index in [4.69, 9.17) is 9.47 Å². The summed E-state index contributed by atoms with van der Waals surface area (Å²) in [5.41, 5.74) is 0. The van der Waals surface area contributed by atoms with Gasteiger partial charge in [0.1, 0.15) is 5.75 Å². The molecule has 3 rings (SSSR count). The fraction of sp³-hybridized carbons (Fsp3) is 0.583. The third-order valence-corrected chi connectivity index (χ3v) is 6.04. The molecule has 1 aromatic carbocycles. The van der Waals surface area contributed by atoms with Crippen molar-refractivity contribution in [1.82, 2.24) is 0 Å². The molecule has 0 bridgehead atoms. The van der Waals surface area contributed by atoms with Gasteiger partial charge < -0.3 is 18.9 Å². The molecule has 0 N–H and O–H groups in total. The first kappa shape index (κ1) is 26.4. The lowest BCUT2D eigenvalue weighted by Crippen LogP contribution is -2.49. The van der Waals surface area contributed by atoms with E-state index in [-0.39, 0.29) is 25.4 Å². The summed E-state index contributed by atoms with van der Waals surface area (Å²) in [5, 5.41) is 0. The molecule has 0 atom stereocenters. The van der Waals surface area contributed by atoms with E-state index in [2.05, 4.69) is 28.5 Å². The molecule has 0 amide bonds. The van der Waals surface area contributed by atoms with Crippen LogP contribution in [0.4, 0.5) is 26.3 Å². The number of allylic oxidation sites excluding steroid dienone is 2. The van der Waals surface area contributed by atoms with Crippen molar-refractivity contribution >= 4 is 0 Å². The van der Waals surface area contributed by atoms with Gasteiger partial charge in [0, 0.05) is 18.1 Å². The normalized spacial score (nSPS) is 25.9. The molecule has 0 unspecified atom stereocenters. The second kappa shape index (κ2) is 12.0. The number of hydrogen-bond donors (Lipinski definition) is 0. The molecule has 1 saturated heterocycles. The lowest BCUT2D eigenvalue weighted by atomic mass is 9.76. The van der Waals surface area contributed by atoms with E-state index in [0.717, 1.165) is 38.5 Å². The van der Waals surface area contributed by atoms with Crippen LogP contribution in [0.25, 0.3) is 0 Å². The van der Waals surface area contributed by atoms with Crippen molar-refractivity contribution < 1.29 is 45.3 Å². The topological polar surface area (TPSA) is 36.9 Å². The van der Waals surface area contributed by atoms with Crippen molar-refractivity contribution in [2.24, 2.45) is 17.8 Å². The molecule has 34 heavy (non-hydrogen) atoms. The molecule has 2 fully saturated rings. The van der Waals surface area contributed by atoms with Crippen LogP contribution >= 0.6 is 0 Å². The number of ether oxygens (including phenoxy) is 4. The quantitative estimate of drug-likeness (QED) is 0.207. The smallest absolute Gasteiger partial charge is 0.451 e. The van der Waals surface area contributed by atoms with Crippen LogP contribution in [0.3, 0.4) is 0 Å². The third-order valence-electron chi connectivity index (χ3n) is 6.04. The van der Waals surface area contributed by atoms with Gasteiger partial charge in [-0.2, -0.15) is 17.6 Å². The summed E-state index contributed by atoms with van der Waals surface area (Å²) in [5.74, 6) is -4.20. The maximum absolute atomic E-state index is 14.5. The Morgan fingerprint density at radius 2 is 1.65 bits per heavy atom. The first-order valence-corrected chi connectivity index (χ1v) is 11.3.